The van der Waals surface area contributed by atoms with Gasteiger partial charge in [0, 0.05) is 21.7 Å². The third kappa shape index (κ3) is 7.75. The van der Waals surface area contributed by atoms with Crippen molar-refractivity contribution in [1.29, 1.82) is 0 Å². The molecular formula is C27H26N2O5S. The fourth-order valence-corrected chi connectivity index (χ4v) is 3.84. The average molecular weight is 491 g/mol. The molecule has 0 atom stereocenters. The van der Waals surface area contributed by atoms with E-state index in [9.17, 15) is 14.4 Å². The highest BCUT2D eigenvalue weighted by Crippen LogP contribution is 2.23. The summed E-state index contributed by atoms with van der Waals surface area (Å²) in [6.07, 6.45) is 1.56. The van der Waals surface area contributed by atoms with Gasteiger partial charge in [0.2, 0.25) is 0 Å². The zero-order chi connectivity index (χ0) is 25.0. The number of carbonyl (C=O) groups excluding carboxylic acids is 3. The number of benzene rings is 3. The van der Waals surface area contributed by atoms with E-state index in [0.29, 0.717) is 29.2 Å². The first kappa shape index (κ1) is 25.6. The van der Waals surface area contributed by atoms with E-state index < -0.39 is 11.8 Å². The van der Waals surface area contributed by atoms with Gasteiger partial charge in [0.05, 0.1) is 19.5 Å². The molecule has 3 aromatic carbocycles. The predicted octanol–water partition coefficient (Wildman–Crippen LogP) is 4.76. The molecule has 0 fully saturated rings. The molecule has 0 spiro atoms. The summed E-state index contributed by atoms with van der Waals surface area (Å²) in [5.41, 5.74) is 1.62. The van der Waals surface area contributed by atoms with Gasteiger partial charge in [-0.2, -0.15) is 0 Å². The molecule has 35 heavy (non-hydrogen) atoms. The number of rotatable bonds is 10. The van der Waals surface area contributed by atoms with Crippen LogP contribution in [0.3, 0.4) is 0 Å². The highest BCUT2D eigenvalue weighted by Gasteiger charge is 2.16. The quantitative estimate of drug-likeness (QED) is 0.242. The molecule has 3 aromatic rings. The number of anilines is 1. The van der Waals surface area contributed by atoms with Crippen molar-refractivity contribution in [2.24, 2.45) is 0 Å². The average Bonchev–Trinajstić information content (AvgIpc) is 2.88. The van der Waals surface area contributed by atoms with Crippen molar-refractivity contribution in [3.8, 4) is 5.75 Å². The SMILES string of the molecule is CCOC(=O)CSc1cccc(NC(=O)/C(=C\c2ccccc2OC)NC(=O)c2ccccc2)c1. The number of hydrogen-bond donors (Lipinski definition) is 2. The fourth-order valence-electron chi connectivity index (χ4n) is 3.09. The summed E-state index contributed by atoms with van der Waals surface area (Å²) in [6, 6.07) is 22.9. The Morgan fingerprint density at radius 1 is 0.943 bits per heavy atom. The minimum atomic E-state index is -0.507. The lowest BCUT2D eigenvalue weighted by Crippen LogP contribution is -2.30. The van der Waals surface area contributed by atoms with Crippen LogP contribution < -0.4 is 15.4 Å². The lowest BCUT2D eigenvalue weighted by molar-refractivity contribution is -0.139. The number of methoxy groups -OCH3 is 1. The van der Waals surface area contributed by atoms with E-state index >= 15 is 0 Å². The van der Waals surface area contributed by atoms with Gasteiger partial charge in [-0.25, -0.2) is 0 Å². The summed E-state index contributed by atoms with van der Waals surface area (Å²) < 4.78 is 10.3. The third-order valence-electron chi connectivity index (χ3n) is 4.72. The number of para-hydroxylation sites is 1. The zero-order valence-electron chi connectivity index (χ0n) is 19.4. The zero-order valence-corrected chi connectivity index (χ0v) is 20.3. The molecule has 3 rings (SSSR count). The maximum Gasteiger partial charge on any atom is 0.316 e. The fraction of sp³-hybridized carbons (Fsp3) is 0.148. The Bertz CT molecular complexity index is 1210. The normalized spacial score (nSPS) is 10.9. The van der Waals surface area contributed by atoms with Crippen molar-refractivity contribution in [3.05, 3.63) is 95.7 Å². The van der Waals surface area contributed by atoms with Gasteiger partial charge in [0.1, 0.15) is 11.4 Å². The van der Waals surface area contributed by atoms with Crippen LogP contribution in [0.2, 0.25) is 0 Å². The molecule has 2 amide bonds. The van der Waals surface area contributed by atoms with Crippen molar-refractivity contribution >= 4 is 41.3 Å². The summed E-state index contributed by atoms with van der Waals surface area (Å²) in [4.78, 5) is 38.5. The van der Waals surface area contributed by atoms with Crippen molar-refractivity contribution < 1.29 is 23.9 Å². The van der Waals surface area contributed by atoms with Crippen LogP contribution in [0, 0.1) is 0 Å². The van der Waals surface area contributed by atoms with Crippen molar-refractivity contribution in [2.45, 2.75) is 11.8 Å². The highest BCUT2D eigenvalue weighted by molar-refractivity contribution is 8.00. The molecular weight excluding hydrogens is 464 g/mol. The second-order valence-corrected chi connectivity index (χ2v) is 8.24. The monoisotopic (exact) mass is 490 g/mol. The first-order chi connectivity index (χ1) is 17.0. The highest BCUT2D eigenvalue weighted by atomic mass is 32.2. The van der Waals surface area contributed by atoms with Gasteiger partial charge in [-0.15, -0.1) is 11.8 Å². The van der Waals surface area contributed by atoms with Gasteiger partial charge in [0.15, 0.2) is 0 Å². The molecule has 0 aromatic heterocycles. The largest absolute Gasteiger partial charge is 0.496 e. The number of carbonyl (C=O) groups is 3. The van der Waals surface area contributed by atoms with Crippen LogP contribution in [0.15, 0.2) is 89.5 Å². The molecule has 0 saturated carbocycles. The number of hydrogen-bond acceptors (Lipinski definition) is 6. The summed E-state index contributed by atoms with van der Waals surface area (Å²) >= 11 is 1.31. The van der Waals surface area contributed by atoms with E-state index in [1.54, 1.807) is 67.6 Å². The Labute approximate surface area is 208 Å². The predicted molar refractivity (Wildman–Crippen MR) is 137 cm³/mol. The van der Waals surface area contributed by atoms with E-state index in [-0.39, 0.29) is 17.4 Å². The number of thioether (sulfide) groups is 1. The first-order valence-electron chi connectivity index (χ1n) is 10.9. The molecule has 0 radical (unpaired) electrons. The molecule has 8 heteroatoms. The summed E-state index contributed by atoms with van der Waals surface area (Å²) in [7, 11) is 1.54. The number of amides is 2. The van der Waals surface area contributed by atoms with Gasteiger partial charge >= 0.3 is 5.97 Å². The van der Waals surface area contributed by atoms with Gasteiger partial charge < -0.3 is 20.1 Å². The van der Waals surface area contributed by atoms with E-state index in [1.807, 2.05) is 24.3 Å². The lowest BCUT2D eigenvalue weighted by Gasteiger charge is -2.13. The minimum Gasteiger partial charge on any atom is -0.496 e. The topological polar surface area (TPSA) is 93.7 Å². The molecule has 0 aliphatic rings. The number of nitrogens with one attached hydrogen (secondary N) is 2. The molecule has 0 heterocycles. The van der Waals surface area contributed by atoms with Crippen LogP contribution in [0.5, 0.6) is 5.75 Å². The van der Waals surface area contributed by atoms with Gasteiger partial charge in [-0.05, 0) is 49.4 Å². The molecule has 7 nitrogen and oxygen atoms in total. The standard InChI is InChI=1S/C27H26N2O5S/c1-3-34-25(30)18-35-22-14-9-13-21(17-22)28-27(32)23(16-20-12-7-8-15-24(20)33-2)29-26(31)19-10-5-4-6-11-19/h4-17H,3,18H2,1-2H3,(H,28,32)(H,29,31)/b23-16+. The molecule has 0 aliphatic heterocycles. The van der Waals surface area contributed by atoms with Crippen LogP contribution in [-0.4, -0.2) is 37.3 Å². The molecule has 0 bridgehead atoms. The Hall–Kier alpha value is -4.04. The number of ether oxygens (including phenoxy) is 2. The summed E-state index contributed by atoms with van der Waals surface area (Å²) in [6.45, 7) is 2.08. The van der Waals surface area contributed by atoms with Crippen molar-refractivity contribution in [3.63, 3.8) is 0 Å². The van der Waals surface area contributed by atoms with E-state index in [0.717, 1.165) is 4.90 Å². The van der Waals surface area contributed by atoms with Crippen LogP contribution in [0.1, 0.15) is 22.8 Å². The van der Waals surface area contributed by atoms with E-state index in [4.69, 9.17) is 9.47 Å². The Morgan fingerprint density at radius 2 is 1.69 bits per heavy atom. The third-order valence-corrected chi connectivity index (χ3v) is 5.69. The molecule has 0 saturated heterocycles. The van der Waals surface area contributed by atoms with Crippen molar-refractivity contribution in [1.82, 2.24) is 5.32 Å². The lowest BCUT2D eigenvalue weighted by atomic mass is 10.1. The van der Waals surface area contributed by atoms with Crippen LogP contribution >= 0.6 is 11.8 Å². The Kier molecular flexibility index (Phi) is 9.50. The summed E-state index contributed by atoms with van der Waals surface area (Å²) in [5.74, 6) is -0.507. The van der Waals surface area contributed by atoms with Crippen molar-refractivity contribution in [2.75, 3.05) is 24.8 Å². The van der Waals surface area contributed by atoms with Crippen LogP contribution in [0.25, 0.3) is 6.08 Å². The van der Waals surface area contributed by atoms with Gasteiger partial charge in [0.25, 0.3) is 11.8 Å². The van der Waals surface area contributed by atoms with E-state index in [1.165, 1.54) is 18.9 Å². The molecule has 0 unspecified atom stereocenters. The Balaban J connectivity index is 1.83. The van der Waals surface area contributed by atoms with Gasteiger partial charge in [-0.3, -0.25) is 14.4 Å². The molecule has 0 aliphatic carbocycles. The minimum absolute atomic E-state index is 0.0490. The smallest absolute Gasteiger partial charge is 0.316 e. The van der Waals surface area contributed by atoms with Crippen LogP contribution in [-0.2, 0) is 14.3 Å². The molecule has 2 N–H and O–H groups in total. The second-order valence-electron chi connectivity index (χ2n) is 7.20. The van der Waals surface area contributed by atoms with Crippen LogP contribution in [0.4, 0.5) is 5.69 Å². The molecule has 180 valence electrons. The maximum atomic E-state index is 13.2. The maximum absolute atomic E-state index is 13.2. The Morgan fingerprint density at radius 3 is 2.43 bits per heavy atom. The first-order valence-corrected chi connectivity index (χ1v) is 11.9. The second kappa shape index (κ2) is 13.0. The number of esters is 1. The van der Waals surface area contributed by atoms with E-state index in [2.05, 4.69) is 10.6 Å². The summed E-state index contributed by atoms with van der Waals surface area (Å²) in [5, 5.41) is 5.53. The van der Waals surface area contributed by atoms with Gasteiger partial charge in [-0.1, -0.05) is 42.5 Å².